The molecule has 0 amide bonds. The van der Waals surface area contributed by atoms with Gasteiger partial charge >= 0.3 is 0 Å². The maximum Gasteiger partial charge on any atom is 0.0303 e. The summed E-state index contributed by atoms with van der Waals surface area (Å²) in [4.78, 5) is 0. The Kier molecular flexibility index (Phi) is 11.9. The summed E-state index contributed by atoms with van der Waals surface area (Å²) in [5, 5.41) is 0. The second-order valence-electron chi connectivity index (χ2n) is 4.59. The largest absolute Gasteiger partial charge is 0.271 e. The van der Waals surface area contributed by atoms with Crippen molar-refractivity contribution in [3.63, 3.8) is 0 Å². The van der Waals surface area contributed by atoms with Crippen LogP contribution in [0.5, 0.6) is 0 Å². The second-order valence-corrected chi connectivity index (χ2v) is 5.74. The molecule has 16 heavy (non-hydrogen) atoms. The van der Waals surface area contributed by atoms with Crippen molar-refractivity contribution >= 4 is 11.8 Å². The lowest BCUT2D eigenvalue weighted by molar-refractivity contribution is 0.367. The van der Waals surface area contributed by atoms with Gasteiger partial charge in [-0.3, -0.25) is 11.3 Å². The molecule has 0 saturated carbocycles. The first-order chi connectivity index (χ1) is 7.78. The smallest absolute Gasteiger partial charge is 0.0303 e. The maximum atomic E-state index is 5.62. The van der Waals surface area contributed by atoms with Crippen LogP contribution < -0.4 is 11.3 Å². The Hall–Kier alpha value is 0.270. The fourth-order valence-electron chi connectivity index (χ4n) is 1.94. The lowest BCUT2D eigenvalue weighted by atomic mass is 9.93. The van der Waals surface area contributed by atoms with Gasteiger partial charge in [0.2, 0.25) is 0 Å². The van der Waals surface area contributed by atoms with Crippen LogP contribution in [0.25, 0.3) is 0 Å². The number of hydrogen-bond donors (Lipinski definition) is 2. The molecule has 0 fully saturated rings. The molecule has 0 aromatic carbocycles. The van der Waals surface area contributed by atoms with Crippen molar-refractivity contribution in [2.75, 3.05) is 11.5 Å². The van der Waals surface area contributed by atoms with Gasteiger partial charge in [0.15, 0.2) is 0 Å². The number of nitrogens with one attached hydrogen (secondary N) is 1. The highest BCUT2D eigenvalue weighted by molar-refractivity contribution is 7.99. The molecule has 0 rings (SSSR count). The first kappa shape index (κ1) is 16.3. The van der Waals surface area contributed by atoms with E-state index in [1.165, 1.54) is 44.3 Å². The van der Waals surface area contributed by atoms with Gasteiger partial charge in [-0.25, -0.2) is 0 Å². The van der Waals surface area contributed by atoms with Crippen LogP contribution in [0.4, 0.5) is 0 Å². The van der Waals surface area contributed by atoms with E-state index in [1.54, 1.807) is 0 Å². The van der Waals surface area contributed by atoms with E-state index in [9.17, 15) is 0 Å². The van der Waals surface area contributed by atoms with Crippen LogP contribution in [0.2, 0.25) is 0 Å². The van der Waals surface area contributed by atoms with E-state index in [1.807, 2.05) is 11.8 Å². The van der Waals surface area contributed by atoms with E-state index in [-0.39, 0.29) is 0 Å². The average molecular weight is 246 g/mol. The van der Waals surface area contributed by atoms with Gasteiger partial charge in [0.05, 0.1) is 0 Å². The molecule has 0 aromatic heterocycles. The molecular weight excluding hydrogens is 216 g/mol. The Bertz CT molecular complexity index is 142. The minimum atomic E-state index is 0.498. The fraction of sp³-hybridized carbons (Fsp3) is 1.00. The summed E-state index contributed by atoms with van der Waals surface area (Å²) in [6.07, 6.45) is 7.82. The minimum absolute atomic E-state index is 0.498. The van der Waals surface area contributed by atoms with Crippen molar-refractivity contribution in [3.8, 4) is 0 Å². The van der Waals surface area contributed by atoms with Crippen molar-refractivity contribution < 1.29 is 0 Å². The summed E-state index contributed by atoms with van der Waals surface area (Å²) in [7, 11) is 0. The van der Waals surface area contributed by atoms with E-state index >= 15 is 0 Å². The average Bonchev–Trinajstić information content (AvgIpc) is 2.32. The zero-order chi connectivity index (χ0) is 12.2. The number of thioether (sulfide) groups is 1. The van der Waals surface area contributed by atoms with Crippen LogP contribution in [0.15, 0.2) is 0 Å². The summed E-state index contributed by atoms with van der Waals surface area (Å²) >= 11 is 2.02. The van der Waals surface area contributed by atoms with Crippen LogP contribution in [0.1, 0.15) is 59.3 Å². The second kappa shape index (κ2) is 11.7. The maximum absolute atomic E-state index is 5.62. The molecule has 0 aromatic rings. The quantitative estimate of drug-likeness (QED) is 0.332. The van der Waals surface area contributed by atoms with Crippen LogP contribution in [0, 0.1) is 5.92 Å². The third-order valence-corrected chi connectivity index (χ3v) is 4.40. The van der Waals surface area contributed by atoms with Crippen LogP contribution in [0.3, 0.4) is 0 Å². The molecule has 2 nitrogen and oxygen atoms in total. The Morgan fingerprint density at radius 2 is 1.94 bits per heavy atom. The molecule has 0 radical (unpaired) electrons. The number of nitrogens with two attached hydrogens (primary N) is 1. The predicted molar refractivity (Wildman–Crippen MR) is 76.7 cm³/mol. The van der Waals surface area contributed by atoms with Gasteiger partial charge in [0, 0.05) is 11.8 Å². The Morgan fingerprint density at radius 1 is 1.19 bits per heavy atom. The number of hydrogen-bond acceptors (Lipinski definition) is 3. The zero-order valence-electron chi connectivity index (χ0n) is 11.3. The summed E-state index contributed by atoms with van der Waals surface area (Å²) in [6.45, 7) is 6.80. The SMILES string of the molecule is CCCCC(CC)CC(CSCCC)NN. The predicted octanol–water partition coefficient (Wildman–Crippen LogP) is 3.57. The van der Waals surface area contributed by atoms with Gasteiger partial charge in [-0.2, -0.15) is 11.8 Å². The molecule has 3 heteroatoms. The zero-order valence-corrected chi connectivity index (χ0v) is 12.1. The van der Waals surface area contributed by atoms with E-state index in [0.717, 1.165) is 11.7 Å². The third-order valence-electron chi connectivity index (χ3n) is 3.06. The summed E-state index contributed by atoms with van der Waals surface area (Å²) in [5.41, 5.74) is 2.98. The molecule has 0 aliphatic rings. The van der Waals surface area contributed by atoms with Gasteiger partial charge < -0.3 is 0 Å². The van der Waals surface area contributed by atoms with Crippen molar-refractivity contribution in [2.45, 2.75) is 65.3 Å². The van der Waals surface area contributed by atoms with Crippen LogP contribution >= 0.6 is 11.8 Å². The highest BCUT2D eigenvalue weighted by Crippen LogP contribution is 2.20. The van der Waals surface area contributed by atoms with Crippen molar-refractivity contribution in [1.82, 2.24) is 5.43 Å². The van der Waals surface area contributed by atoms with Gasteiger partial charge in [-0.1, -0.05) is 46.5 Å². The van der Waals surface area contributed by atoms with E-state index in [2.05, 4.69) is 26.2 Å². The van der Waals surface area contributed by atoms with Crippen molar-refractivity contribution in [2.24, 2.45) is 11.8 Å². The van der Waals surface area contributed by atoms with Gasteiger partial charge in [0.1, 0.15) is 0 Å². The number of unbranched alkanes of at least 4 members (excludes halogenated alkanes) is 1. The molecule has 2 atom stereocenters. The van der Waals surface area contributed by atoms with Gasteiger partial charge in [0.25, 0.3) is 0 Å². The molecule has 0 aliphatic carbocycles. The minimum Gasteiger partial charge on any atom is -0.271 e. The van der Waals surface area contributed by atoms with Gasteiger partial charge in [-0.05, 0) is 24.5 Å². The first-order valence-corrected chi connectivity index (χ1v) is 7.97. The normalized spacial score (nSPS) is 15.0. The monoisotopic (exact) mass is 246 g/mol. The standard InChI is InChI=1S/C13H30N2S/c1-4-7-8-12(6-3)10-13(15-14)11-16-9-5-2/h12-13,15H,4-11,14H2,1-3H3. The number of hydrazine groups is 1. The highest BCUT2D eigenvalue weighted by Gasteiger charge is 2.13. The molecular formula is C13H30N2S. The van der Waals surface area contributed by atoms with Crippen molar-refractivity contribution in [3.05, 3.63) is 0 Å². The summed E-state index contributed by atoms with van der Waals surface area (Å²) < 4.78 is 0. The first-order valence-electron chi connectivity index (χ1n) is 6.82. The Labute approximate surface area is 106 Å². The number of rotatable bonds is 11. The van der Waals surface area contributed by atoms with E-state index < -0.39 is 0 Å². The van der Waals surface area contributed by atoms with Crippen LogP contribution in [-0.4, -0.2) is 17.5 Å². The molecule has 0 heterocycles. The molecule has 2 unspecified atom stereocenters. The van der Waals surface area contributed by atoms with E-state index in [0.29, 0.717) is 6.04 Å². The molecule has 0 bridgehead atoms. The fourth-order valence-corrected chi connectivity index (χ4v) is 2.91. The van der Waals surface area contributed by atoms with Crippen LogP contribution in [-0.2, 0) is 0 Å². The molecule has 0 aliphatic heterocycles. The van der Waals surface area contributed by atoms with E-state index in [4.69, 9.17) is 5.84 Å². The Morgan fingerprint density at radius 3 is 2.44 bits per heavy atom. The van der Waals surface area contributed by atoms with Crippen molar-refractivity contribution in [1.29, 1.82) is 0 Å². The Balaban J connectivity index is 3.77. The lowest BCUT2D eigenvalue weighted by Gasteiger charge is -2.21. The summed E-state index contributed by atoms with van der Waals surface area (Å²) in [5.74, 6) is 8.89. The molecule has 98 valence electrons. The summed E-state index contributed by atoms with van der Waals surface area (Å²) in [6, 6.07) is 0.498. The molecule has 0 saturated heterocycles. The van der Waals surface area contributed by atoms with Gasteiger partial charge in [-0.15, -0.1) is 0 Å². The topological polar surface area (TPSA) is 38.0 Å². The molecule has 3 N–H and O–H groups in total. The highest BCUT2D eigenvalue weighted by atomic mass is 32.2. The lowest BCUT2D eigenvalue weighted by Crippen LogP contribution is -2.38. The molecule has 0 spiro atoms. The third kappa shape index (κ3) is 8.43.